The van der Waals surface area contributed by atoms with Crippen molar-refractivity contribution in [3.63, 3.8) is 0 Å². The molecule has 2 aliphatic heterocycles. The molecule has 20 heteroatoms. The first-order valence-electron chi connectivity index (χ1n) is 22.0. The van der Waals surface area contributed by atoms with Gasteiger partial charge in [-0.25, -0.2) is 19.9 Å². The van der Waals surface area contributed by atoms with Crippen LogP contribution < -0.4 is 9.80 Å². The van der Waals surface area contributed by atoms with Crippen LogP contribution in [-0.4, -0.2) is 120 Å². The van der Waals surface area contributed by atoms with Gasteiger partial charge in [-0.05, 0) is 87.1 Å². The van der Waals surface area contributed by atoms with Gasteiger partial charge in [-0.15, -0.1) is 0 Å². The van der Waals surface area contributed by atoms with Crippen LogP contribution in [-0.2, 0) is 36.1 Å². The van der Waals surface area contributed by atoms with E-state index in [0.29, 0.717) is 110 Å². The number of carbonyl (C=O) groups excluding carboxylic acids is 2. The minimum Gasteiger partial charge on any atom is -0.512 e. The predicted molar refractivity (Wildman–Crippen MR) is 253 cm³/mol. The van der Waals surface area contributed by atoms with Crippen molar-refractivity contribution in [3.8, 4) is 40.5 Å². The number of pyridine rings is 4. The largest absolute Gasteiger partial charge is 1.00 e. The second-order valence-corrected chi connectivity index (χ2v) is 17.9. The Morgan fingerprint density at radius 2 is 1.03 bits per heavy atom. The van der Waals surface area contributed by atoms with Crippen LogP contribution in [0.2, 0.25) is 15.5 Å². The van der Waals surface area contributed by atoms with Crippen LogP contribution in [0.3, 0.4) is 0 Å². The molecular weight excluding hydrogens is 979 g/mol. The van der Waals surface area contributed by atoms with Crippen molar-refractivity contribution in [2.45, 2.75) is 76.3 Å². The van der Waals surface area contributed by atoms with Crippen molar-refractivity contribution < 1.29 is 36.1 Å². The number of halogens is 3. The molecule has 2 saturated carbocycles. The minimum atomic E-state index is -0.00214. The first-order valence-corrected chi connectivity index (χ1v) is 23.1. The van der Waals surface area contributed by atoms with Gasteiger partial charge in [0.2, 0.25) is 11.8 Å². The molecule has 2 atom stereocenters. The average molecular weight is 1030 g/mol. The molecule has 2 aliphatic carbocycles. The zero-order valence-electron chi connectivity index (χ0n) is 38.1. The van der Waals surface area contributed by atoms with Crippen molar-refractivity contribution in [2.75, 3.05) is 76.5 Å². The molecule has 0 spiro atoms. The van der Waals surface area contributed by atoms with Crippen molar-refractivity contribution in [3.05, 3.63) is 86.6 Å². The standard InChI is InChI=1S/C24H25ClN6O2.C23H25Cl2N5O2.CN.Cu/c1-15-14-30(6-7-31(15)22(32)5-8-33-2)24-18(12-26)10-20(23(29-24)16-3-4-16)17-9-19(13-27)28-21(25)11-17;1-14-13-29(6-7-30(14)21(31)5-8-32-2)23-17(12-26)9-18(22(28-23)15-3-4-15)16-10-19(24)27-20(25)11-16;1-2;/h9-11,15-16H,3-8,14H2,1-2H3;9-11,14-15H,3-8,13H2,1-2H3;;/q;;-1;+1/t15-;14-;;/m11../s1. The summed E-state index contributed by atoms with van der Waals surface area (Å²) in [6, 6.07) is 17.3. The molecule has 0 N–H and O–H groups in total. The molecule has 0 aromatic carbocycles. The van der Waals surface area contributed by atoms with E-state index in [4.69, 9.17) is 66.1 Å². The summed E-state index contributed by atoms with van der Waals surface area (Å²) in [4.78, 5) is 51.0. The Morgan fingerprint density at radius 3 is 1.38 bits per heavy atom. The molecule has 68 heavy (non-hydrogen) atoms. The minimum absolute atomic E-state index is 0. The molecule has 16 nitrogen and oxygen atoms in total. The van der Waals surface area contributed by atoms with E-state index in [-0.39, 0.29) is 51.8 Å². The third-order valence-corrected chi connectivity index (χ3v) is 12.6. The molecule has 2 saturated heterocycles. The predicted octanol–water partition coefficient (Wildman–Crippen LogP) is 7.86. The van der Waals surface area contributed by atoms with E-state index in [9.17, 15) is 25.4 Å². The van der Waals surface area contributed by atoms with Crippen molar-refractivity contribution in [2.24, 2.45) is 0 Å². The second-order valence-electron chi connectivity index (χ2n) is 16.8. The van der Waals surface area contributed by atoms with Crippen LogP contribution in [0.25, 0.3) is 22.3 Å². The molecule has 4 aromatic rings. The topological polar surface area (TPSA) is 212 Å². The summed E-state index contributed by atoms with van der Waals surface area (Å²) >= 11 is 18.4. The fourth-order valence-electron chi connectivity index (χ4n) is 8.52. The Hall–Kier alpha value is -5.59. The number of amides is 2. The number of nitriles is 3. The number of carbonyl (C=O) groups is 2. The van der Waals surface area contributed by atoms with E-state index >= 15 is 0 Å². The van der Waals surface area contributed by atoms with Crippen LogP contribution >= 0.6 is 34.8 Å². The molecule has 358 valence electrons. The monoisotopic (exact) mass is 1030 g/mol. The molecule has 0 bridgehead atoms. The van der Waals surface area contributed by atoms with Crippen molar-refractivity contribution >= 4 is 58.3 Å². The Bertz CT molecular complexity index is 2610. The summed E-state index contributed by atoms with van der Waals surface area (Å²) in [5, 5.41) is 36.2. The number of methoxy groups -OCH3 is 2. The maximum Gasteiger partial charge on any atom is 1.00 e. The molecule has 4 fully saturated rings. The van der Waals surface area contributed by atoms with Crippen LogP contribution in [0, 0.1) is 45.8 Å². The third kappa shape index (κ3) is 12.9. The summed E-state index contributed by atoms with van der Waals surface area (Å²) in [5.74, 6) is 2.18. The van der Waals surface area contributed by atoms with Gasteiger partial charge in [0.1, 0.15) is 51.0 Å². The van der Waals surface area contributed by atoms with Gasteiger partial charge in [-0.2, -0.15) is 15.8 Å². The first-order chi connectivity index (χ1) is 32.3. The zero-order chi connectivity index (χ0) is 48.4. The summed E-state index contributed by atoms with van der Waals surface area (Å²) in [6.07, 6.45) is 4.94. The zero-order valence-corrected chi connectivity index (χ0v) is 41.3. The average Bonchev–Trinajstić information content (AvgIpc) is 4.28. The van der Waals surface area contributed by atoms with Gasteiger partial charge in [0.15, 0.2) is 0 Å². The number of rotatable bonds is 12. The number of ether oxygens (including phenoxy) is 2. The van der Waals surface area contributed by atoms with E-state index in [1.807, 2.05) is 41.8 Å². The van der Waals surface area contributed by atoms with E-state index in [1.54, 1.807) is 38.5 Å². The summed E-state index contributed by atoms with van der Waals surface area (Å²) < 4.78 is 10.1. The maximum absolute atomic E-state index is 12.5. The fourth-order valence-corrected chi connectivity index (χ4v) is 9.19. The third-order valence-electron chi connectivity index (χ3n) is 12.1. The number of anilines is 2. The van der Waals surface area contributed by atoms with Gasteiger partial charge in [-0.1, -0.05) is 34.8 Å². The summed E-state index contributed by atoms with van der Waals surface area (Å²) in [6.45, 7) is 13.2. The molecule has 0 radical (unpaired) electrons. The number of aromatic nitrogens is 4. The number of hydrogen-bond donors (Lipinski definition) is 0. The number of hydrogen-bond acceptors (Lipinski definition) is 14. The van der Waals surface area contributed by atoms with Crippen LogP contribution in [0.4, 0.5) is 11.6 Å². The molecule has 4 aromatic heterocycles. The van der Waals surface area contributed by atoms with Crippen LogP contribution in [0.1, 0.15) is 92.4 Å². The van der Waals surface area contributed by atoms with Gasteiger partial charge in [0.05, 0.1) is 48.6 Å². The van der Waals surface area contributed by atoms with E-state index < -0.39 is 0 Å². The van der Waals surface area contributed by atoms with Crippen LogP contribution in [0.5, 0.6) is 0 Å². The molecular formula is C48H50Cl3CuN12O4. The number of nitrogens with zero attached hydrogens (tertiary/aromatic N) is 12. The first kappa shape index (κ1) is 53.4. The van der Waals surface area contributed by atoms with Gasteiger partial charge < -0.3 is 40.9 Å². The van der Waals surface area contributed by atoms with Crippen molar-refractivity contribution in [1.29, 1.82) is 21.0 Å². The van der Waals surface area contributed by atoms with Crippen molar-refractivity contribution in [1.82, 2.24) is 29.7 Å². The maximum atomic E-state index is 12.5. The quantitative estimate of drug-likeness (QED) is 0.0751. The van der Waals surface area contributed by atoms with Crippen LogP contribution in [0.15, 0.2) is 36.4 Å². The fraction of sp³-hybridized carbons (Fsp3) is 0.458. The Kier molecular flexibility index (Phi) is 19.3. The Balaban J connectivity index is 0.000000242. The molecule has 2 amide bonds. The van der Waals surface area contributed by atoms with Gasteiger partial charge in [-0.3, -0.25) is 9.59 Å². The number of piperazine rings is 2. The SMILES string of the molecule is COCCC(=O)N1CCN(c2nc(C3CC3)c(-c3cc(Cl)nc(C#N)c3)cc2C#N)C[C@H]1C.COCCC(=O)N1CCN(c2nc(C3CC3)c(-c3cc(Cl)nc(Cl)c3)cc2C#N)C[C@H]1C.[C-]#N.[Cu+]. The Labute approximate surface area is 422 Å². The van der Waals surface area contributed by atoms with E-state index in [2.05, 4.69) is 31.9 Å². The molecule has 0 unspecified atom stereocenters. The van der Waals surface area contributed by atoms with E-state index in [0.717, 1.165) is 59.3 Å². The summed E-state index contributed by atoms with van der Waals surface area (Å²) in [5.41, 5.74) is 6.32. The van der Waals surface area contributed by atoms with Gasteiger partial charge in [0.25, 0.3) is 0 Å². The smallest absolute Gasteiger partial charge is 0.512 e. The molecule has 6 heterocycles. The summed E-state index contributed by atoms with van der Waals surface area (Å²) in [7, 11) is 3.19. The normalized spacial score (nSPS) is 17.5. The van der Waals surface area contributed by atoms with E-state index in [1.165, 1.54) is 0 Å². The molecule has 4 aliphatic rings. The Morgan fingerprint density at radius 1 is 0.632 bits per heavy atom. The second kappa shape index (κ2) is 24.6. The van der Waals surface area contributed by atoms with Gasteiger partial charge >= 0.3 is 17.1 Å². The molecule has 8 rings (SSSR count). The van der Waals surface area contributed by atoms with Gasteiger partial charge in [0, 0.05) is 88.5 Å².